The van der Waals surface area contributed by atoms with E-state index in [1.807, 2.05) is 11.8 Å². The van der Waals surface area contributed by atoms with E-state index < -0.39 is 0 Å². The van der Waals surface area contributed by atoms with Crippen molar-refractivity contribution < 1.29 is 70.4 Å². The van der Waals surface area contributed by atoms with Gasteiger partial charge in [0.05, 0.1) is 5.03 Å². The zero-order chi connectivity index (χ0) is 14.7. The standard InChI is InChI=1S/C18H23N2S.2ClH.Cu.HI/c1-19-16(11-10-15-8-4-5-9-17(15)19)14-18(21-2)20-12-6-3-7-13-20;;;;/h4-5,8-11,14H,3,6-7,12-13H2,1-2H3;2*1H;;1H/q+1;;;+2;/p-3. The number of rotatable bonds is 3. The van der Waals surface area contributed by atoms with Crippen LogP contribution >= 0.6 is 11.8 Å². The summed E-state index contributed by atoms with van der Waals surface area (Å²) in [4.78, 5) is 2.53. The van der Waals surface area contributed by atoms with Gasteiger partial charge in [0.1, 0.15) is 7.05 Å². The molecule has 0 bridgehead atoms. The molecular weight excluding hydrogens is 538 g/mol. The minimum Gasteiger partial charge on any atom is -1.00 e. The molecular formula is C18H23Cl2CuIN2S. The second-order valence-corrected chi connectivity index (χ2v) is 6.44. The Kier molecular flexibility index (Phi) is 14.9. The zero-order valence-electron chi connectivity index (χ0n) is 14.3. The van der Waals surface area contributed by atoms with Crippen molar-refractivity contribution in [2.45, 2.75) is 19.3 Å². The second kappa shape index (κ2) is 13.5. The summed E-state index contributed by atoms with van der Waals surface area (Å²) in [6.07, 6.45) is 8.54. The SMILES string of the molecule is CS/C(=C\c1ccc2ccccc2[n+]1C)N1CCCCC1.[Cl-].[Cl-].[Cu+2].[I-]. The first kappa shape index (κ1) is 27.6. The Morgan fingerprint density at radius 2 is 1.68 bits per heavy atom. The van der Waals surface area contributed by atoms with Crippen LogP contribution in [0.3, 0.4) is 0 Å². The van der Waals surface area contributed by atoms with Gasteiger partial charge in [0.2, 0.25) is 11.2 Å². The monoisotopic (exact) mass is 559 g/mol. The molecule has 1 radical (unpaired) electrons. The first-order valence-electron chi connectivity index (χ1n) is 7.68. The topological polar surface area (TPSA) is 7.12 Å². The third-order valence-corrected chi connectivity index (χ3v) is 5.06. The molecule has 1 saturated heterocycles. The van der Waals surface area contributed by atoms with E-state index in [9.17, 15) is 0 Å². The quantitative estimate of drug-likeness (QED) is 0.211. The van der Waals surface area contributed by atoms with Crippen molar-refractivity contribution in [3.63, 3.8) is 0 Å². The van der Waals surface area contributed by atoms with Crippen LogP contribution in [-0.2, 0) is 24.1 Å². The van der Waals surface area contributed by atoms with E-state index in [0.29, 0.717) is 0 Å². The number of benzene rings is 1. The number of aryl methyl sites for hydroxylation is 1. The molecule has 7 heteroatoms. The number of likely N-dealkylation sites (tertiary alicyclic amines) is 1. The number of nitrogens with zero attached hydrogens (tertiary/aromatic N) is 2. The van der Waals surface area contributed by atoms with Gasteiger partial charge in [-0.1, -0.05) is 12.1 Å². The molecule has 1 aliphatic rings. The summed E-state index contributed by atoms with van der Waals surface area (Å²) < 4.78 is 2.29. The van der Waals surface area contributed by atoms with Gasteiger partial charge in [-0.05, 0) is 37.7 Å². The van der Waals surface area contributed by atoms with Crippen LogP contribution in [0.4, 0.5) is 0 Å². The van der Waals surface area contributed by atoms with Gasteiger partial charge in [-0.3, -0.25) is 0 Å². The number of pyridine rings is 1. The van der Waals surface area contributed by atoms with Crippen molar-refractivity contribution in [1.82, 2.24) is 4.90 Å². The largest absolute Gasteiger partial charge is 2.00 e. The minimum absolute atomic E-state index is 0. The molecule has 1 aromatic carbocycles. The smallest absolute Gasteiger partial charge is 1.00 e. The normalized spacial score (nSPS) is 13.8. The zero-order valence-corrected chi connectivity index (χ0v) is 19.7. The molecule has 143 valence electrons. The van der Waals surface area contributed by atoms with E-state index in [1.54, 1.807) is 0 Å². The molecule has 3 rings (SSSR count). The number of halogens is 3. The van der Waals surface area contributed by atoms with Gasteiger partial charge in [-0.25, -0.2) is 0 Å². The van der Waals surface area contributed by atoms with Crippen molar-refractivity contribution in [3.8, 4) is 0 Å². The summed E-state index contributed by atoms with van der Waals surface area (Å²) in [6.45, 7) is 2.40. The third-order valence-electron chi connectivity index (χ3n) is 4.27. The Labute approximate surface area is 195 Å². The van der Waals surface area contributed by atoms with Crippen molar-refractivity contribution in [1.29, 1.82) is 0 Å². The average molecular weight is 561 g/mol. The number of piperidine rings is 1. The van der Waals surface area contributed by atoms with Crippen LogP contribution in [0.2, 0.25) is 0 Å². The van der Waals surface area contributed by atoms with E-state index in [0.717, 1.165) is 0 Å². The summed E-state index contributed by atoms with van der Waals surface area (Å²) in [5.41, 5.74) is 2.55. The van der Waals surface area contributed by atoms with Crippen molar-refractivity contribution >= 4 is 28.7 Å². The molecule has 2 nitrogen and oxygen atoms in total. The maximum atomic E-state index is 2.53. The van der Waals surface area contributed by atoms with Gasteiger partial charge in [0, 0.05) is 36.7 Å². The van der Waals surface area contributed by atoms with Gasteiger partial charge >= 0.3 is 17.1 Å². The molecule has 1 aromatic heterocycles. The van der Waals surface area contributed by atoms with Gasteiger partial charge in [0.15, 0.2) is 0 Å². The molecule has 2 heterocycles. The fourth-order valence-corrected chi connectivity index (χ4v) is 3.70. The summed E-state index contributed by atoms with van der Waals surface area (Å²) in [7, 11) is 2.16. The van der Waals surface area contributed by atoms with Crippen molar-refractivity contribution in [2.24, 2.45) is 7.05 Å². The predicted octanol–water partition coefficient (Wildman–Crippen LogP) is -5.18. The molecule has 0 N–H and O–H groups in total. The van der Waals surface area contributed by atoms with E-state index in [-0.39, 0.29) is 65.9 Å². The maximum absolute atomic E-state index is 2.53. The first-order valence-corrected chi connectivity index (χ1v) is 8.90. The van der Waals surface area contributed by atoms with E-state index in [2.05, 4.69) is 65.2 Å². The van der Waals surface area contributed by atoms with Crippen LogP contribution in [0.15, 0.2) is 41.4 Å². The number of thioether (sulfide) groups is 1. The minimum atomic E-state index is 0. The van der Waals surface area contributed by atoms with Crippen LogP contribution in [0, 0.1) is 0 Å². The summed E-state index contributed by atoms with van der Waals surface area (Å²) in [5, 5.41) is 2.68. The Morgan fingerprint density at radius 3 is 2.32 bits per heavy atom. The van der Waals surface area contributed by atoms with Gasteiger partial charge in [-0.2, -0.15) is 4.57 Å². The van der Waals surface area contributed by atoms with E-state index >= 15 is 0 Å². The molecule has 1 aliphatic heterocycles. The fourth-order valence-electron chi connectivity index (χ4n) is 3.03. The molecule has 0 spiro atoms. The Balaban J connectivity index is 0. The molecule has 0 aliphatic carbocycles. The van der Waals surface area contributed by atoms with Gasteiger partial charge < -0.3 is 53.7 Å². The molecule has 25 heavy (non-hydrogen) atoms. The van der Waals surface area contributed by atoms with Gasteiger partial charge in [0.25, 0.3) is 0 Å². The molecule has 2 aromatic rings. The number of aromatic nitrogens is 1. The maximum Gasteiger partial charge on any atom is 2.00 e. The van der Waals surface area contributed by atoms with E-state index in [1.165, 1.54) is 54.0 Å². The Hall–Kier alpha value is 0.349. The summed E-state index contributed by atoms with van der Waals surface area (Å²) in [5.74, 6) is 0. The number of fused-ring (bicyclic) bond motifs is 1. The van der Waals surface area contributed by atoms with Crippen LogP contribution in [-0.4, -0.2) is 24.2 Å². The summed E-state index contributed by atoms with van der Waals surface area (Å²) >= 11 is 1.86. The Bertz CT molecular complexity index is 679. The molecule has 0 atom stereocenters. The third kappa shape index (κ3) is 6.78. The predicted molar refractivity (Wildman–Crippen MR) is 92.0 cm³/mol. The fraction of sp³-hybridized carbons (Fsp3) is 0.389. The molecule has 1 fully saturated rings. The first-order chi connectivity index (χ1) is 10.3. The van der Waals surface area contributed by atoms with Crippen molar-refractivity contribution in [3.05, 3.63) is 47.1 Å². The van der Waals surface area contributed by atoms with Crippen LogP contribution in [0.5, 0.6) is 0 Å². The van der Waals surface area contributed by atoms with Crippen molar-refractivity contribution in [2.75, 3.05) is 19.3 Å². The van der Waals surface area contributed by atoms with Crippen LogP contribution < -0.4 is 53.4 Å². The molecule has 0 saturated carbocycles. The number of para-hydroxylation sites is 1. The number of hydrogen-bond acceptors (Lipinski definition) is 2. The number of hydrogen-bond donors (Lipinski definition) is 0. The molecule has 0 unspecified atom stereocenters. The van der Waals surface area contributed by atoms with E-state index in [4.69, 9.17) is 0 Å². The second-order valence-electron chi connectivity index (χ2n) is 5.61. The van der Waals surface area contributed by atoms with Crippen LogP contribution in [0.25, 0.3) is 17.0 Å². The van der Waals surface area contributed by atoms with Gasteiger partial charge in [-0.15, -0.1) is 11.8 Å². The van der Waals surface area contributed by atoms with Crippen LogP contribution in [0.1, 0.15) is 25.0 Å². The molecule has 0 amide bonds. The average Bonchev–Trinajstić information content (AvgIpc) is 2.55. The Morgan fingerprint density at radius 1 is 1.04 bits per heavy atom. The summed E-state index contributed by atoms with van der Waals surface area (Å²) in [6, 6.07) is 13.0.